The first-order chi connectivity index (χ1) is 11.4. The van der Waals surface area contributed by atoms with Crippen molar-refractivity contribution in [1.82, 2.24) is 4.57 Å². The van der Waals surface area contributed by atoms with Crippen molar-refractivity contribution in [2.24, 2.45) is 11.4 Å². The Morgan fingerprint density at radius 1 is 1.21 bits per heavy atom. The van der Waals surface area contributed by atoms with Gasteiger partial charge in [-0.15, -0.1) is 4.40 Å². The first kappa shape index (κ1) is 16.7. The number of aromatic nitrogens is 1. The molecule has 24 heavy (non-hydrogen) atoms. The molecule has 0 aliphatic carbocycles. The van der Waals surface area contributed by atoms with Gasteiger partial charge in [0.2, 0.25) is 4.80 Å². The molecule has 0 fully saturated rings. The Balaban J connectivity index is 2.18. The number of halogens is 1. The second kappa shape index (κ2) is 6.37. The molecule has 0 bridgehead atoms. The molecule has 0 radical (unpaired) electrons. The third-order valence-corrected chi connectivity index (χ3v) is 5.89. The van der Waals surface area contributed by atoms with Gasteiger partial charge in [-0.05, 0) is 43.3 Å². The highest BCUT2D eigenvalue weighted by Crippen LogP contribution is 2.27. The second-order valence-corrected chi connectivity index (χ2v) is 7.61. The summed E-state index contributed by atoms with van der Waals surface area (Å²) < 4.78 is 49.9. The lowest BCUT2D eigenvalue weighted by molar-refractivity contribution is 0.343. The van der Waals surface area contributed by atoms with Gasteiger partial charge in [0.05, 0.1) is 16.2 Å². The van der Waals surface area contributed by atoms with E-state index >= 15 is 0 Å². The quantitative estimate of drug-likeness (QED) is 0.713. The number of benzene rings is 2. The van der Waals surface area contributed by atoms with Crippen LogP contribution in [0.1, 0.15) is 6.92 Å². The summed E-state index contributed by atoms with van der Waals surface area (Å²) in [6.45, 7) is 2.39. The summed E-state index contributed by atoms with van der Waals surface area (Å²) in [4.78, 5) is 0.271. The number of rotatable bonds is 4. The van der Waals surface area contributed by atoms with E-state index in [9.17, 15) is 12.8 Å². The van der Waals surface area contributed by atoms with Crippen molar-refractivity contribution in [1.29, 1.82) is 0 Å². The summed E-state index contributed by atoms with van der Waals surface area (Å²) in [5.41, 5.74) is 0.789. The van der Waals surface area contributed by atoms with E-state index in [0.29, 0.717) is 17.2 Å². The molecule has 1 heterocycles. The lowest BCUT2D eigenvalue weighted by Gasteiger charge is -2.05. The highest BCUT2D eigenvalue weighted by molar-refractivity contribution is 7.90. The summed E-state index contributed by atoms with van der Waals surface area (Å²) >= 11 is 1.25. The SMILES string of the molecule is CCOc1cccc2s/c(=N\S(=O)(=O)c3ccc(F)cc3)n(C)c12. The van der Waals surface area contributed by atoms with Gasteiger partial charge >= 0.3 is 0 Å². The van der Waals surface area contributed by atoms with Crippen molar-refractivity contribution in [3.63, 3.8) is 0 Å². The average molecular weight is 366 g/mol. The molecule has 0 N–H and O–H groups in total. The molecule has 0 atom stereocenters. The number of sulfonamides is 1. The highest BCUT2D eigenvalue weighted by atomic mass is 32.2. The third kappa shape index (κ3) is 3.07. The Morgan fingerprint density at radius 3 is 2.58 bits per heavy atom. The molecule has 0 saturated carbocycles. The van der Waals surface area contributed by atoms with Crippen LogP contribution in [-0.4, -0.2) is 19.6 Å². The standard InChI is InChI=1S/C16H15FN2O3S2/c1-3-22-13-5-4-6-14-15(13)19(2)16(23-14)18-24(20,21)12-9-7-11(17)8-10-12/h4-10H,3H2,1-2H3/b18-16-. The van der Waals surface area contributed by atoms with Crippen LogP contribution >= 0.6 is 11.3 Å². The lowest BCUT2D eigenvalue weighted by atomic mass is 10.3. The molecular formula is C16H15FN2O3S2. The van der Waals surface area contributed by atoms with Crippen molar-refractivity contribution in [3.05, 3.63) is 53.1 Å². The van der Waals surface area contributed by atoms with Gasteiger partial charge in [-0.1, -0.05) is 17.4 Å². The van der Waals surface area contributed by atoms with Gasteiger partial charge < -0.3 is 9.30 Å². The molecule has 2 aromatic carbocycles. The van der Waals surface area contributed by atoms with Crippen LogP contribution in [-0.2, 0) is 17.1 Å². The zero-order valence-corrected chi connectivity index (χ0v) is 14.7. The molecule has 0 saturated heterocycles. The van der Waals surface area contributed by atoms with Gasteiger partial charge in [-0.25, -0.2) is 4.39 Å². The molecule has 3 aromatic rings. The number of aryl methyl sites for hydroxylation is 1. The first-order valence-electron chi connectivity index (χ1n) is 7.20. The van der Waals surface area contributed by atoms with Gasteiger partial charge in [0, 0.05) is 7.05 Å². The Hall–Kier alpha value is -2.19. The largest absolute Gasteiger partial charge is 0.492 e. The molecule has 0 aliphatic rings. The minimum Gasteiger partial charge on any atom is -0.492 e. The number of para-hydroxylation sites is 1. The minimum absolute atomic E-state index is 0.0496. The molecule has 0 unspecified atom stereocenters. The number of hydrogen-bond donors (Lipinski definition) is 0. The summed E-state index contributed by atoms with van der Waals surface area (Å²) in [5, 5.41) is 0. The fraction of sp³-hybridized carbons (Fsp3) is 0.188. The Bertz CT molecular complexity index is 1050. The van der Waals surface area contributed by atoms with Crippen molar-refractivity contribution in [3.8, 4) is 5.75 Å². The third-order valence-electron chi connectivity index (χ3n) is 3.40. The van der Waals surface area contributed by atoms with Gasteiger partial charge in [-0.2, -0.15) is 8.42 Å². The van der Waals surface area contributed by atoms with Gasteiger partial charge in [0.25, 0.3) is 10.0 Å². The molecule has 1 aromatic heterocycles. The first-order valence-corrected chi connectivity index (χ1v) is 9.46. The Labute approximate surface area is 142 Å². The van der Waals surface area contributed by atoms with Crippen LogP contribution in [0.5, 0.6) is 5.75 Å². The molecule has 5 nitrogen and oxygen atoms in total. The topological polar surface area (TPSA) is 60.7 Å². The molecule has 0 amide bonds. The fourth-order valence-corrected chi connectivity index (χ4v) is 4.55. The number of ether oxygens (including phenoxy) is 1. The van der Waals surface area contributed by atoms with Gasteiger partial charge in [-0.3, -0.25) is 0 Å². The van der Waals surface area contributed by atoms with Crippen LogP contribution in [0.3, 0.4) is 0 Å². The van der Waals surface area contributed by atoms with Crippen LogP contribution in [0, 0.1) is 5.82 Å². The Kier molecular flexibility index (Phi) is 4.42. The van der Waals surface area contributed by atoms with Gasteiger partial charge in [0.1, 0.15) is 17.1 Å². The van der Waals surface area contributed by atoms with Crippen molar-refractivity contribution in [2.75, 3.05) is 6.61 Å². The van der Waals surface area contributed by atoms with Crippen LogP contribution in [0.25, 0.3) is 10.2 Å². The predicted octanol–water partition coefficient (Wildman–Crippen LogP) is 3.07. The molecule has 8 heteroatoms. The van der Waals surface area contributed by atoms with Crippen LogP contribution in [0.4, 0.5) is 4.39 Å². The zero-order chi connectivity index (χ0) is 17.3. The zero-order valence-electron chi connectivity index (χ0n) is 13.1. The predicted molar refractivity (Wildman–Crippen MR) is 91.1 cm³/mol. The number of hydrogen-bond acceptors (Lipinski definition) is 4. The summed E-state index contributed by atoms with van der Waals surface area (Å²) in [5.74, 6) is 0.178. The molecular weight excluding hydrogens is 351 g/mol. The summed E-state index contributed by atoms with van der Waals surface area (Å²) in [6.07, 6.45) is 0. The van der Waals surface area contributed by atoms with Crippen LogP contribution in [0.15, 0.2) is 51.8 Å². The summed E-state index contributed by atoms with van der Waals surface area (Å²) in [7, 11) is -2.18. The number of thiazole rings is 1. The van der Waals surface area contributed by atoms with Gasteiger partial charge in [0.15, 0.2) is 0 Å². The van der Waals surface area contributed by atoms with E-state index in [1.165, 1.54) is 23.5 Å². The number of fused-ring (bicyclic) bond motifs is 1. The minimum atomic E-state index is -3.92. The van der Waals surface area contributed by atoms with E-state index in [1.807, 2.05) is 25.1 Å². The molecule has 126 valence electrons. The van der Waals surface area contributed by atoms with E-state index in [2.05, 4.69) is 4.40 Å². The Morgan fingerprint density at radius 2 is 1.92 bits per heavy atom. The van der Waals surface area contributed by atoms with E-state index < -0.39 is 15.8 Å². The average Bonchev–Trinajstić information content (AvgIpc) is 2.85. The van der Waals surface area contributed by atoms with E-state index in [0.717, 1.165) is 22.3 Å². The molecule has 0 aliphatic heterocycles. The van der Waals surface area contributed by atoms with Crippen molar-refractivity contribution < 1.29 is 17.5 Å². The fourth-order valence-electron chi connectivity index (χ4n) is 2.29. The smallest absolute Gasteiger partial charge is 0.285 e. The van der Waals surface area contributed by atoms with Crippen molar-refractivity contribution in [2.45, 2.75) is 11.8 Å². The van der Waals surface area contributed by atoms with Crippen LogP contribution in [0.2, 0.25) is 0 Å². The normalized spacial score (nSPS) is 12.7. The highest BCUT2D eigenvalue weighted by Gasteiger charge is 2.15. The van der Waals surface area contributed by atoms with E-state index in [1.54, 1.807) is 11.6 Å². The van der Waals surface area contributed by atoms with Crippen LogP contribution < -0.4 is 9.54 Å². The summed E-state index contributed by atoms with van der Waals surface area (Å²) in [6, 6.07) is 10.2. The molecule has 3 rings (SSSR count). The maximum Gasteiger partial charge on any atom is 0.285 e. The molecule has 0 spiro atoms. The second-order valence-electron chi connectivity index (χ2n) is 5.00. The van der Waals surface area contributed by atoms with E-state index in [4.69, 9.17) is 4.74 Å². The monoisotopic (exact) mass is 366 g/mol. The maximum atomic E-state index is 13.0. The van der Waals surface area contributed by atoms with Crippen molar-refractivity contribution >= 4 is 31.6 Å². The van der Waals surface area contributed by atoms with E-state index in [-0.39, 0.29) is 4.90 Å². The maximum absolute atomic E-state index is 13.0. The lowest BCUT2D eigenvalue weighted by Crippen LogP contribution is -2.14. The number of nitrogens with zero attached hydrogens (tertiary/aromatic N) is 2.